The summed E-state index contributed by atoms with van der Waals surface area (Å²) in [6, 6.07) is 8.42. The van der Waals surface area contributed by atoms with Crippen LogP contribution in [-0.2, 0) is 9.59 Å². The van der Waals surface area contributed by atoms with Gasteiger partial charge in [-0.3, -0.25) is 29.8 Å². The van der Waals surface area contributed by atoms with Gasteiger partial charge >= 0.3 is 0 Å². The number of nitro benzene ring substituents is 2. The van der Waals surface area contributed by atoms with Crippen molar-refractivity contribution in [2.75, 3.05) is 10.6 Å². The molecule has 0 radical (unpaired) electrons. The van der Waals surface area contributed by atoms with Gasteiger partial charge in [-0.05, 0) is 12.1 Å². The van der Waals surface area contributed by atoms with Gasteiger partial charge in [-0.2, -0.15) is 0 Å². The van der Waals surface area contributed by atoms with Crippen LogP contribution in [0.5, 0.6) is 0 Å². The van der Waals surface area contributed by atoms with E-state index < -0.39 is 21.7 Å². The number of thiazole rings is 2. The number of aromatic nitrogens is 2. The average molecular weight is 472 g/mol. The Bertz CT molecular complexity index is 1290. The summed E-state index contributed by atoms with van der Waals surface area (Å²) in [4.78, 5) is 53.4. The van der Waals surface area contributed by atoms with Crippen molar-refractivity contribution in [3.8, 4) is 0 Å². The van der Waals surface area contributed by atoms with Crippen molar-refractivity contribution in [1.82, 2.24) is 9.97 Å². The summed E-state index contributed by atoms with van der Waals surface area (Å²) < 4.78 is 1.12. The van der Waals surface area contributed by atoms with E-state index in [0.29, 0.717) is 20.4 Å². The third kappa shape index (κ3) is 4.65. The fourth-order valence-corrected chi connectivity index (χ4v) is 4.58. The lowest BCUT2D eigenvalue weighted by Crippen LogP contribution is -2.17. The number of fused-ring (bicyclic) bond motifs is 2. The van der Waals surface area contributed by atoms with Crippen LogP contribution < -0.4 is 10.6 Å². The van der Waals surface area contributed by atoms with E-state index in [1.165, 1.54) is 36.4 Å². The van der Waals surface area contributed by atoms with Gasteiger partial charge in [0.05, 0.1) is 30.3 Å². The number of amides is 2. The smallest absolute Gasteiger partial charge is 0.270 e. The molecule has 0 saturated heterocycles. The third-order valence-electron chi connectivity index (χ3n) is 4.24. The minimum atomic E-state index is -0.511. The highest BCUT2D eigenvalue weighted by molar-refractivity contribution is 7.22. The highest BCUT2D eigenvalue weighted by Gasteiger charge is 2.15. The maximum atomic E-state index is 12.2. The number of benzene rings is 2. The Morgan fingerprint density at radius 3 is 1.56 bits per heavy atom. The van der Waals surface area contributed by atoms with Gasteiger partial charge < -0.3 is 10.6 Å². The second-order valence-corrected chi connectivity index (χ2v) is 8.51. The zero-order valence-electron chi connectivity index (χ0n) is 15.9. The summed E-state index contributed by atoms with van der Waals surface area (Å²) in [7, 11) is 0. The highest BCUT2D eigenvalue weighted by atomic mass is 32.1. The summed E-state index contributed by atoms with van der Waals surface area (Å²) in [6.45, 7) is 0. The fraction of sp³-hybridized carbons (Fsp3) is 0.111. The van der Waals surface area contributed by atoms with E-state index in [1.54, 1.807) is 0 Å². The summed E-state index contributed by atoms with van der Waals surface area (Å²) in [5.41, 5.74) is 0.898. The zero-order chi connectivity index (χ0) is 22.8. The minimum Gasteiger partial charge on any atom is -0.302 e. The van der Waals surface area contributed by atoms with E-state index in [-0.39, 0.29) is 34.5 Å². The number of hydrogen-bond donors (Lipinski definition) is 2. The number of hydrogen-bond acceptors (Lipinski definition) is 10. The molecule has 0 fully saturated rings. The van der Waals surface area contributed by atoms with Crippen LogP contribution in [0.2, 0.25) is 0 Å². The van der Waals surface area contributed by atoms with Crippen LogP contribution in [0.1, 0.15) is 12.8 Å². The van der Waals surface area contributed by atoms with Crippen molar-refractivity contribution in [1.29, 1.82) is 0 Å². The van der Waals surface area contributed by atoms with Gasteiger partial charge in [0.2, 0.25) is 11.8 Å². The van der Waals surface area contributed by atoms with Crippen LogP contribution in [0.25, 0.3) is 20.4 Å². The fourth-order valence-electron chi connectivity index (χ4n) is 2.75. The Morgan fingerprint density at radius 1 is 0.781 bits per heavy atom. The predicted molar refractivity (Wildman–Crippen MR) is 119 cm³/mol. The Kier molecular flexibility index (Phi) is 5.70. The van der Waals surface area contributed by atoms with Crippen molar-refractivity contribution in [2.45, 2.75) is 12.8 Å². The molecule has 12 nitrogen and oxygen atoms in total. The molecule has 0 spiro atoms. The summed E-state index contributed by atoms with van der Waals surface area (Å²) in [5, 5.41) is 27.4. The molecule has 2 heterocycles. The Balaban J connectivity index is 1.33. The molecule has 0 aliphatic heterocycles. The molecule has 2 aromatic carbocycles. The maximum absolute atomic E-state index is 12.2. The zero-order valence-corrected chi connectivity index (χ0v) is 17.6. The van der Waals surface area contributed by atoms with Crippen LogP contribution in [0.3, 0.4) is 0 Å². The molecule has 4 rings (SSSR count). The summed E-state index contributed by atoms with van der Waals surface area (Å²) in [5.74, 6) is -0.873. The molecule has 0 saturated carbocycles. The van der Waals surface area contributed by atoms with Gasteiger partial charge in [0.25, 0.3) is 11.4 Å². The molecular weight excluding hydrogens is 460 g/mol. The number of carbonyl (C=O) groups is 2. The van der Waals surface area contributed by atoms with Gasteiger partial charge in [-0.25, -0.2) is 9.97 Å². The molecule has 2 amide bonds. The first-order valence-corrected chi connectivity index (χ1v) is 10.6. The van der Waals surface area contributed by atoms with Crippen molar-refractivity contribution in [3.05, 3.63) is 56.6 Å². The molecule has 2 N–H and O–H groups in total. The van der Waals surface area contributed by atoms with Gasteiger partial charge in [0.1, 0.15) is 0 Å². The van der Waals surface area contributed by atoms with Crippen molar-refractivity contribution < 1.29 is 19.4 Å². The van der Waals surface area contributed by atoms with E-state index in [4.69, 9.17) is 0 Å². The van der Waals surface area contributed by atoms with Crippen LogP contribution in [0.15, 0.2) is 36.4 Å². The molecule has 2 aromatic heterocycles. The van der Waals surface area contributed by atoms with Crippen molar-refractivity contribution >= 4 is 76.6 Å². The van der Waals surface area contributed by atoms with E-state index in [9.17, 15) is 29.8 Å². The third-order valence-corrected chi connectivity index (χ3v) is 6.10. The Morgan fingerprint density at radius 2 is 1.19 bits per heavy atom. The lowest BCUT2D eigenvalue weighted by atomic mass is 10.3. The van der Waals surface area contributed by atoms with Crippen molar-refractivity contribution in [2.24, 2.45) is 0 Å². The summed E-state index contributed by atoms with van der Waals surface area (Å²) >= 11 is 2.19. The molecule has 0 aliphatic rings. The second kappa shape index (κ2) is 8.60. The Hall–Kier alpha value is -4.04. The largest absolute Gasteiger partial charge is 0.302 e. The van der Waals surface area contributed by atoms with Crippen LogP contribution in [0, 0.1) is 20.2 Å². The monoisotopic (exact) mass is 472 g/mol. The predicted octanol–water partition coefficient (Wildman–Crippen LogP) is 4.08. The van der Waals surface area contributed by atoms with Gasteiger partial charge in [-0.1, -0.05) is 22.7 Å². The average Bonchev–Trinajstić information content (AvgIpc) is 3.33. The molecule has 0 unspecified atom stereocenters. The lowest BCUT2D eigenvalue weighted by molar-refractivity contribution is -0.384. The Labute approximate surface area is 186 Å². The first-order chi connectivity index (χ1) is 15.3. The summed E-state index contributed by atoms with van der Waals surface area (Å²) in [6.07, 6.45) is -0.226. The van der Waals surface area contributed by atoms with Crippen LogP contribution in [-0.4, -0.2) is 31.6 Å². The van der Waals surface area contributed by atoms with E-state index >= 15 is 0 Å². The molecule has 0 aliphatic carbocycles. The molecule has 162 valence electrons. The number of carbonyl (C=O) groups excluding carboxylic acids is 2. The normalized spacial score (nSPS) is 10.9. The number of nitrogens with zero attached hydrogens (tertiary/aromatic N) is 4. The van der Waals surface area contributed by atoms with E-state index in [1.807, 2.05) is 0 Å². The molecule has 0 atom stereocenters. The molecule has 0 bridgehead atoms. The minimum absolute atomic E-state index is 0.0693. The van der Waals surface area contributed by atoms with Crippen LogP contribution >= 0.6 is 22.7 Å². The number of nitro groups is 2. The first-order valence-electron chi connectivity index (χ1n) is 8.98. The van der Waals surface area contributed by atoms with Gasteiger partial charge in [-0.15, -0.1) is 0 Å². The maximum Gasteiger partial charge on any atom is 0.270 e. The second-order valence-electron chi connectivity index (χ2n) is 6.45. The van der Waals surface area contributed by atoms with E-state index in [2.05, 4.69) is 20.6 Å². The SMILES string of the molecule is O=C(CCC(=O)Nc1nc2ccc([N+](=O)[O-])cc2s1)Nc1nc2ccc([N+](=O)[O-])cc2s1. The van der Waals surface area contributed by atoms with Crippen LogP contribution in [0.4, 0.5) is 21.6 Å². The standard InChI is InChI=1S/C18H12N6O6S2/c25-15(21-17-19-11-3-1-9(23(27)28)7-13(11)31-17)5-6-16(26)22-18-20-12-4-2-10(24(29)30)8-14(12)32-18/h1-4,7-8H,5-6H2,(H,19,21,25)(H,20,22,26). The number of anilines is 2. The lowest BCUT2D eigenvalue weighted by Gasteiger charge is -2.02. The number of nitrogens with one attached hydrogen (secondary N) is 2. The molecule has 4 aromatic rings. The number of non-ortho nitro benzene ring substituents is 2. The molecule has 14 heteroatoms. The highest BCUT2D eigenvalue weighted by Crippen LogP contribution is 2.30. The van der Waals surface area contributed by atoms with Gasteiger partial charge in [0.15, 0.2) is 10.3 Å². The quantitative estimate of drug-likeness (QED) is 0.299. The molecular formula is C18H12N6O6S2. The first kappa shape index (κ1) is 21.2. The number of rotatable bonds is 7. The van der Waals surface area contributed by atoms with Gasteiger partial charge in [0, 0.05) is 37.1 Å². The van der Waals surface area contributed by atoms with Crippen molar-refractivity contribution in [3.63, 3.8) is 0 Å². The van der Waals surface area contributed by atoms with E-state index in [0.717, 1.165) is 22.7 Å². The topological polar surface area (TPSA) is 170 Å². The molecule has 32 heavy (non-hydrogen) atoms.